The maximum atomic E-state index is 12.6. The van der Waals surface area contributed by atoms with Crippen LogP contribution in [-0.2, 0) is 4.79 Å². The summed E-state index contributed by atoms with van der Waals surface area (Å²) in [5, 5.41) is 28.7. The lowest BCUT2D eigenvalue weighted by molar-refractivity contribution is -0.122. The van der Waals surface area contributed by atoms with Crippen LogP contribution in [0.3, 0.4) is 0 Å². The minimum atomic E-state index is -1.80. The fourth-order valence-electron chi connectivity index (χ4n) is 3.16. The van der Waals surface area contributed by atoms with E-state index in [0.717, 1.165) is 0 Å². The molecule has 3 rings (SSSR count). The number of ketones is 1. The highest BCUT2D eigenvalue weighted by molar-refractivity contribution is 6.25. The van der Waals surface area contributed by atoms with Gasteiger partial charge in [0.05, 0.1) is 25.2 Å². The first-order valence-electron chi connectivity index (χ1n) is 6.41. The van der Waals surface area contributed by atoms with Gasteiger partial charge in [-0.25, -0.2) is 0 Å². The fraction of sp³-hybridized carbons (Fsp3) is 0.267. The Morgan fingerprint density at radius 3 is 2.32 bits per heavy atom. The van der Waals surface area contributed by atoms with E-state index in [1.807, 2.05) is 6.07 Å². The van der Waals surface area contributed by atoms with Crippen LogP contribution < -0.4 is 10.1 Å². The van der Waals surface area contributed by atoms with Crippen molar-refractivity contribution in [2.45, 2.75) is 0 Å². The van der Waals surface area contributed by atoms with Gasteiger partial charge < -0.3 is 10.1 Å². The molecule has 1 saturated carbocycles. The molecule has 22 heavy (non-hydrogen) atoms. The molecule has 1 saturated heterocycles. The van der Waals surface area contributed by atoms with Crippen molar-refractivity contribution >= 4 is 17.5 Å². The van der Waals surface area contributed by atoms with Gasteiger partial charge in [-0.15, -0.1) is 0 Å². The Bertz CT molecular complexity index is 764. The van der Waals surface area contributed by atoms with Gasteiger partial charge in [-0.3, -0.25) is 15.0 Å². The molecular formula is C15H10N4O3. The lowest BCUT2D eigenvalue weighted by atomic mass is 9.98. The number of rotatable bonds is 3. The van der Waals surface area contributed by atoms with Crippen molar-refractivity contribution in [2.75, 3.05) is 7.11 Å². The van der Waals surface area contributed by atoms with E-state index in [1.54, 1.807) is 18.2 Å². The third kappa shape index (κ3) is 1.26. The van der Waals surface area contributed by atoms with E-state index < -0.39 is 28.4 Å². The quantitative estimate of drug-likeness (QED) is 0.790. The van der Waals surface area contributed by atoms with Crippen molar-refractivity contribution in [1.29, 1.82) is 15.9 Å². The van der Waals surface area contributed by atoms with Crippen LogP contribution in [0.1, 0.15) is 10.4 Å². The molecule has 7 heteroatoms. The van der Waals surface area contributed by atoms with E-state index in [9.17, 15) is 20.1 Å². The smallest absolute Gasteiger partial charge is 0.248 e. The van der Waals surface area contributed by atoms with Gasteiger partial charge in [0.2, 0.25) is 5.91 Å². The van der Waals surface area contributed by atoms with Crippen LogP contribution in [0, 0.1) is 44.8 Å². The molecule has 0 radical (unpaired) electrons. The number of methoxy groups -OCH3 is 1. The second kappa shape index (κ2) is 4.15. The molecule has 1 amide bonds. The Labute approximate surface area is 125 Å². The summed E-state index contributed by atoms with van der Waals surface area (Å²) in [4.78, 5) is 24.6. The number of carbonyl (C=O) groups is 2. The number of benzene rings is 1. The van der Waals surface area contributed by atoms with Crippen LogP contribution in [0.2, 0.25) is 0 Å². The predicted molar refractivity (Wildman–Crippen MR) is 72.8 cm³/mol. The molecule has 0 bridgehead atoms. The number of hydrogen-bond donors (Lipinski definition) is 2. The molecule has 7 nitrogen and oxygen atoms in total. The van der Waals surface area contributed by atoms with Gasteiger partial charge in [0.1, 0.15) is 11.6 Å². The maximum absolute atomic E-state index is 12.6. The Morgan fingerprint density at radius 1 is 1.27 bits per heavy atom. The van der Waals surface area contributed by atoms with Crippen LogP contribution in [0.25, 0.3) is 0 Å². The number of fused-ring (bicyclic) bond motifs is 1. The predicted octanol–water partition coefficient (Wildman–Crippen LogP) is 0.635. The highest BCUT2D eigenvalue weighted by atomic mass is 16.5. The molecule has 2 fully saturated rings. The minimum Gasteiger partial charge on any atom is -0.497 e. The second-order valence-electron chi connectivity index (χ2n) is 5.19. The van der Waals surface area contributed by atoms with Gasteiger partial charge in [0, 0.05) is 5.56 Å². The Hall–Kier alpha value is -3.19. The summed E-state index contributed by atoms with van der Waals surface area (Å²) in [5.74, 6) is -2.22. The van der Waals surface area contributed by atoms with E-state index in [1.165, 1.54) is 19.2 Å². The number of piperidine rings is 1. The highest BCUT2D eigenvalue weighted by Crippen LogP contribution is 2.72. The summed E-state index contributed by atoms with van der Waals surface area (Å²) in [6, 6.07) is 9.79. The van der Waals surface area contributed by atoms with Crippen molar-refractivity contribution in [1.82, 2.24) is 5.32 Å². The van der Waals surface area contributed by atoms with Gasteiger partial charge in [0.25, 0.3) is 0 Å². The molecule has 1 aromatic carbocycles. The monoisotopic (exact) mass is 294 g/mol. The van der Waals surface area contributed by atoms with E-state index in [2.05, 4.69) is 5.32 Å². The zero-order valence-electron chi connectivity index (χ0n) is 11.5. The number of nitrogens with zero attached hydrogens (tertiary/aromatic N) is 2. The molecule has 1 aliphatic heterocycles. The Balaban J connectivity index is 2.04. The molecule has 1 heterocycles. The van der Waals surface area contributed by atoms with E-state index in [-0.39, 0.29) is 11.4 Å². The van der Waals surface area contributed by atoms with E-state index >= 15 is 0 Å². The third-order valence-electron chi connectivity index (χ3n) is 4.39. The summed E-state index contributed by atoms with van der Waals surface area (Å²) in [7, 11) is 1.49. The zero-order chi connectivity index (χ0) is 16.1. The van der Waals surface area contributed by atoms with Crippen LogP contribution in [0.5, 0.6) is 5.75 Å². The van der Waals surface area contributed by atoms with Gasteiger partial charge in [-0.1, -0.05) is 0 Å². The molecule has 3 unspecified atom stereocenters. The molecule has 3 atom stereocenters. The summed E-state index contributed by atoms with van der Waals surface area (Å²) < 4.78 is 5.00. The van der Waals surface area contributed by atoms with Crippen molar-refractivity contribution in [2.24, 2.45) is 16.7 Å². The number of amidine groups is 1. The summed E-state index contributed by atoms with van der Waals surface area (Å²) >= 11 is 0. The first-order valence-corrected chi connectivity index (χ1v) is 6.41. The topological polar surface area (TPSA) is 127 Å². The first-order chi connectivity index (χ1) is 10.5. The fourth-order valence-corrected chi connectivity index (χ4v) is 3.16. The minimum absolute atomic E-state index is 0.269. The van der Waals surface area contributed by atoms with Crippen LogP contribution in [-0.4, -0.2) is 24.6 Å². The third-order valence-corrected chi connectivity index (χ3v) is 4.39. The van der Waals surface area contributed by atoms with Crippen molar-refractivity contribution in [3.63, 3.8) is 0 Å². The summed E-state index contributed by atoms with van der Waals surface area (Å²) in [5.41, 5.74) is -3.23. The molecule has 2 aliphatic rings. The summed E-state index contributed by atoms with van der Waals surface area (Å²) in [6.45, 7) is 0. The van der Waals surface area contributed by atoms with Crippen molar-refractivity contribution < 1.29 is 14.3 Å². The Kier molecular flexibility index (Phi) is 2.60. The summed E-state index contributed by atoms with van der Waals surface area (Å²) in [6.07, 6.45) is 0. The molecule has 0 aromatic heterocycles. The van der Waals surface area contributed by atoms with E-state index in [0.29, 0.717) is 5.75 Å². The van der Waals surface area contributed by atoms with E-state index in [4.69, 9.17) is 10.1 Å². The number of Topliss-reactive ketones (excluding diaryl/α,β-unsaturated/α-hetero) is 1. The largest absolute Gasteiger partial charge is 0.497 e. The number of nitrogens with one attached hydrogen (secondary N) is 2. The lowest BCUT2D eigenvalue weighted by Gasteiger charge is -2.08. The number of amides is 1. The number of nitriles is 2. The van der Waals surface area contributed by atoms with Crippen LogP contribution in [0.4, 0.5) is 0 Å². The van der Waals surface area contributed by atoms with Crippen molar-refractivity contribution in [3.8, 4) is 17.9 Å². The Morgan fingerprint density at radius 2 is 1.86 bits per heavy atom. The van der Waals surface area contributed by atoms with Crippen molar-refractivity contribution in [3.05, 3.63) is 29.8 Å². The second-order valence-corrected chi connectivity index (χ2v) is 5.19. The number of hydrogen-bond acceptors (Lipinski definition) is 6. The standard InChI is InChI=1S/C15H10N4O3/c1-22-9-4-2-8(3-5-9)10(20)11-14(6-16)12(18)19-13(21)15(11,14)7-17/h2-5,11H,1H3,(H2,18,19,21). The molecular weight excluding hydrogens is 284 g/mol. The van der Waals surface area contributed by atoms with Gasteiger partial charge in [-0.2, -0.15) is 10.5 Å². The zero-order valence-corrected chi connectivity index (χ0v) is 11.5. The van der Waals surface area contributed by atoms with Gasteiger partial charge >= 0.3 is 0 Å². The maximum Gasteiger partial charge on any atom is 0.248 e. The molecule has 108 valence electrons. The molecule has 1 aliphatic carbocycles. The molecule has 1 aromatic rings. The van der Waals surface area contributed by atoms with Gasteiger partial charge in [-0.05, 0) is 24.3 Å². The first kappa shape index (κ1) is 13.8. The normalized spacial score (nSPS) is 31.5. The van der Waals surface area contributed by atoms with Gasteiger partial charge in [0.15, 0.2) is 16.6 Å². The molecule has 2 N–H and O–H groups in total. The highest BCUT2D eigenvalue weighted by Gasteiger charge is 2.91. The van der Waals surface area contributed by atoms with Crippen LogP contribution >= 0.6 is 0 Å². The average Bonchev–Trinajstić information content (AvgIpc) is 3.12. The molecule has 0 spiro atoms. The SMILES string of the molecule is COc1ccc(C(=O)C2C3(C#N)C(=N)NC(=O)C23C#N)cc1. The number of ether oxygens (including phenoxy) is 1. The lowest BCUT2D eigenvalue weighted by Crippen LogP contribution is -2.34. The van der Waals surface area contributed by atoms with Crippen LogP contribution in [0.15, 0.2) is 24.3 Å². The number of carbonyl (C=O) groups excluding carboxylic acids is 2. The average molecular weight is 294 g/mol.